The molecule has 8 heteroatoms. The Labute approximate surface area is 155 Å². The Kier molecular flexibility index (Phi) is 5.82. The fourth-order valence-corrected chi connectivity index (χ4v) is 3.16. The van der Waals surface area contributed by atoms with Gasteiger partial charge in [0.1, 0.15) is 11.4 Å². The molecule has 0 radical (unpaired) electrons. The summed E-state index contributed by atoms with van der Waals surface area (Å²) in [4.78, 5) is 14.8. The maximum atomic E-state index is 13.1. The standard InChI is InChI=1S/C18H21FN4O2S/c19-14-7-5-13(6-8-14)12-23-17(25)15(16(24)21-18(23)26)11-20-22-9-3-1-2-4-10-22/h5-8,11,25H,1-4,9-10,12H2,(H,21,24,26)/b20-11+. The first-order valence-electron chi connectivity index (χ1n) is 8.64. The molecule has 2 N–H and O–H groups in total. The van der Waals surface area contributed by atoms with E-state index in [4.69, 9.17) is 12.2 Å². The highest BCUT2D eigenvalue weighted by Crippen LogP contribution is 2.15. The first kappa shape index (κ1) is 18.3. The lowest BCUT2D eigenvalue weighted by molar-refractivity contribution is 0.302. The molecule has 0 amide bonds. The summed E-state index contributed by atoms with van der Waals surface area (Å²) in [6.45, 7) is 1.89. The molecule has 0 unspecified atom stereocenters. The summed E-state index contributed by atoms with van der Waals surface area (Å²) in [5.41, 5.74) is 0.326. The van der Waals surface area contributed by atoms with Gasteiger partial charge >= 0.3 is 0 Å². The molecule has 3 rings (SSSR count). The van der Waals surface area contributed by atoms with E-state index in [0.717, 1.165) is 31.5 Å². The van der Waals surface area contributed by atoms with E-state index in [9.17, 15) is 14.3 Å². The average molecular weight is 376 g/mol. The summed E-state index contributed by atoms with van der Waals surface area (Å²) in [5.74, 6) is -0.588. The topological polar surface area (TPSA) is 73.6 Å². The second kappa shape index (κ2) is 8.27. The molecule has 1 aliphatic rings. The molecule has 1 aliphatic heterocycles. The fourth-order valence-electron chi connectivity index (χ4n) is 2.92. The van der Waals surface area contributed by atoms with Crippen molar-refractivity contribution in [1.82, 2.24) is 14.6 Å². The van der Waals surface area contributed by atoms with E-state index in [2.05, 4.69) is 10.1 Å². The summed E-state index contributed by atoms with van der Waals surface area (Å²) in [6, 6.07) is 5.88. The molecule has 6 nitrogen and oxygen atoms in total. The molecule has 0 spiro atoms. The van der Waals surface area contributed by atoms with Crippen LogP contribution in [0.15, 0.2) is 34.2 Å². The third kappa shape index (κ3) is 4.37. The van der Waals surface area contributed by atoms with Crippen molar-refractivity contribution in [2.45, 2.75) is 32.2 Å². The summed E-state index contributed by atoms with van der Waals surface area (Å²) in [5, 5.41) is 16.8. The van der Waals surface area contributed by atoms with E-state index in [1.165, 1.54) is 35.8 Å². The highest BCUT2D eigenvalue weighted by atomic mass is 32.1. The minimum absolute atomic E-state index is 0.0601. The first-order valence-corrected chi connectivity index (χ1v) is 9.05. The Morgan fingerprint density at radius 1 is 1.19 bits per heavy atom. The van der Waals surface area contributed by atoms with E-state index >= 15 is 0 Å². The minimum atomic E-state index is -0.485. The second-order valence-electron chi connectivity index (χ2n) is 6.32. The lowest BCUT2D eigenvalue weighted by Gasteiger charge is -2.16. The maximum absolute atomic E-state index is 13.1. The van der Waals surface area contributed by atoms with Crippen molar-refractivity contribution in [3.63, 3.8) is 0 Å². The normalized spacial score (nSPS) is 15.3. The van der Waals surface area contributed by atoms with Gasteiger partial charge in [0.25, 0.3) is 5.56 Å². The van der Waals surface area contributed by atoms with E-state index < -0.39 is 5.56 Å². The molecule has 0 bridgehead atoms. The van der Waals surface area contributed by atoms with Crippen LogP contribution < -0.4 is 5.56 Å². The zero-order chi connectivity index (χ0) is 18.5. The third-order valence-electron chi connectivity index (χ3n) is 4.39. The number of aromatic nitrogens is 2. The van der Waals surface area contributed by atoms with Gasteiger partial charge in [-0.25, -0.2) is 4.39 Å². The second-order valence-corrected chi connectivity index (χ2v) is 6.71. The van der Waals surface area contributed by atoms with Gasteiger partial charge in [-0.05, 0) is 42.8 Å². The van der Waals surface area contributed by atoms with Gasteiger partial charge in [0.15, 0.2) is 4.77 Å². The van der Waals surface area contributed by atoms with Gasteiger partial charge in [-0.2, -0.15) is 5.10 Å². The highest BCUT2D eigenvalue weighted by molar-refractivity contribution is 7.71. The quantitative estimate of drug-likeness (QED) is 0.635. The van der Waals surface area contributed by atoms with E-state index in [1.54, 1.807) is 12.1 Å². The molecular formula is C18H21FN4O2S. The Morgan fingerprint density at radius 2 is 1.85 bits per heavy atom. The van der Waals surface area contributed by atoms with Crippen molar-refractivity contribution < 1.29 is 9.50 Å². The number of hydrogen-bond donors (Lipinski definition) is 2. The van der Waals surface area contributed by atoms with Crippen molar-refractivity contribution in [2.24, 2.45) is 5.10 Å². The van der Waals surface area contributed by atoms with Crippen LogP contribution in [0.3, 0.4) is 0 Å². The van der Waals surface area contributed by atoms with Crippen LogP contribution in [0.2, 0.25) is 0 Å². The van der Waals surface area contributed by atoms with Gasteiger partial charge in [-0.15, -0.1) is 0 Å². The van der Waals surface area contributed by atoms with Crippen molar-refractivity contribution in [3.05, 3.63) is 56.3 Å². The van der Waals surface area contributed by atoms with Crippen LogP contribution in [-0.2, 0) is 6.54 Å². The smallest absolute Gasteiger partial charge is 0.264 e. The molecule has 0 atom stereocenters. The van der Waals surface area contributed by atoms with Crippen LogP contribution in [0.1, 0.15) is 36.8 Å². The van der Waals surface area contributed by atoms with Gasteiger partial charge < -0.3 is 5.11 Å². The lowest BCUT2D eigenvalue weighted by Crippen LogP contribution is -2.22. The zero-order valence-electron chi connectivity index (χ0n) is 14.3. The average Bonchev–Trinajstić information content (AvgIpc) is 2.89. The predicted octanol–water partition coefficient (Wildman–Crippen LogP) is 3.01. The number of aromatic hydroxyl groups is 1. The number of aromatic amines is 1. The molecule has 1 aromatic heterocycles. The van der Waals surface area contributed by atoms with Crippen LogP contribution in [0.5, 0.6) is 5.88 Å². The Balaban J connectivity index is 1.89. The number of H-pyrrole nitrogens is 1. The van der Waals surface area contributed by atoms with E-state index in [-0.39, 0.29) is 28.6 Å². The summed E-state index contributed by atoms with van der Waals surface area (Å²) < 4.78 is 14.6. The number of hydrogen-bond acceptors (Lipinski definition) is 5. The van der Waals surface area contributed by atoms with Gasteiger partial charge in [-0.3, -0.25) is 19.4 Å². The molecule has 0 saturated carbocycles. The van der Waals surface area contributed by atoms with Crippen LogP contribution in [-0.4, -0.2) is 39.0 Å². The van der Waals surface area contributed by atoms with Crippen molar-refractivity contribution >= 4 is 18.4 Å². The van der Waals surface area contributed by atoms with Gasteiger partial charge in [0.05, 0.1) is 12.8 Å². The summed E-state index contributed by atoms with van der Waals surface area (Å²) in [7, 11) is 0. The monoisotopic (exact) mass is 376 g/mol. The molecule has 138 valence electrons. The summed E-state index contributed by atoms with van der Waals surface area (Å²) >= 11 is 5.16. The molecular weight excluding hydrogens is 355 g/mol. The maximum Gasteiger partial charge on any atom is 0.264 e. The number of nitrogens with zero attached hydrogens (tertiary/aromatic N) is 3. The van der Waals surface area contributed by atoms with Gasteiger partial charge in [0, 0.05) is 13.1 Å². The Bertz CT molecular complexity index is 897. The zero-order valence-corrected chi connectivity index (χ0v) is 15.1. The van der Waals surface area contributed by atoms with E-state index in [1.807, 2.05) is 5.01 Å². The molecule has 1 saturated heterocycles. The van der Waals surface area contributed by atoms with Crippen molar-refractivity contribution in [3.8, 4) is 5.88 Å². The fraction of sp³-hybridized carbons (Fsp3) is 0.389. The number of halogens is 1. The molecule has 2 aromatic rings. The Morgan fingerprint density at radius 3 is 2.50 bits per heavy atom. The molecule has 0 aliphatic carbocycles. The molecule has 26 heavy (non-hydrogen) atoms. The van der Waals surface area contributed by atoms with Crippen molar-refractivity contribution in [1.29, 1.82) is 0 Å². The van der Waals surface area contributed by atoms with E-state index in [0.29, 0.717) is 0 Å². The number of benzene rings is 1. The Hall–Kier alpha value is -2.48. The van der Waals surface area contributed by atoms with Crippen LogP contribution in [0.25, 0.3) is 0 Å². The SMILES string of the molecule is O=c1[nH]c(=S)n(Cc2ccc(F)cc2)c(O)c1/C=N/N1CCCCCC1. The number of hydrazone groups is 1. The number of nitrogens with one attached hydrogen (secondary N) is 1. The summed E-state index contributed by atoms with van der Waals surface area (Å²) in [6.07, 6.45) is 5.88. The minimum Gasteiger partial charge on any atom is -0.494 e. The van der Waals surface area contributed by atoms with Crippen LogP contribution in [0.4, 0.5) is 4.39 Å². The predicted molar refractivity (Wildman–Crippen MR) is 101 cm³/mol. The molecule has 2 heterocycles. The first-order chi connectivity index (χ1) is 12.5. The van der Waals surface area contributed by atoms with Crippen LogP contribution >= 0.6 is 12.2 Å². The lowest BCUT2D eigenvalue weighted by atomic mass is 10.2. The van der Waals surface area contributed by atoms with Gasteiger partial charge in [0.2, 0.25) is 5.88 Å². The third-order valence-corrected chi connectivity index (χ3v) is 4.72. The highest BCUT2D eigenvalue weighted by Gasteiger charge is 2.13. The number of rotatable bonds is 4. The van der Waals surface area contributed by atoms with Crippen LogP contribution in [0, 0.1) is 10.6 Å². The van der Waals surface area contributed by atoms with Crippen molar-refractivity contribution in [2.75, 3.05) is 13.1 Å². The molecule has 1 fully saturated rings. The largest absolute Gasteiger partial charge is 0.494 e. The molecule has 1 aromatic carbocycles. The van der Waals surface area contributed by atoms with Gasteiger partial charge in [-0.1, -0.05) is 25.0 Å².